The van der Waals surface area contributed by atoms with Crippen LogP contribution >= 0.6 is 0 Å². The molecule has 1 aromatic carbocycles. The fourth-order valence-electron chi connectivity index (χ4n) is 1.13. The van der Waals surface area contributed by atoms with Gasteiger partial charge in [-0.1, -0.05) is 0 Å². The Kier molecular flexibility index (Phi) is 3.62. The average molecular weight is 255 g/mol. The van der Waals surface area contributed by atoms with Crippen LogP contribution in [0.25, 0.3) is 0 Å². The first-order valence-electron chi connectivity index (χ1n) is 5.22. The highest BCUT2D eigenvalue weighted by Crippen LogP contribution is 2.10. The third-order valence-corrected chi connectivity index (χ3v) is 3.36. The van der Waals surface area contributed by atoms with Crippen molar-refractivity contribution in [1.82, 2.24) is 0 Å². The first-order valence-corrected chi connectivity index (χ1v) is 7.11. The van der Waals surface area contributed by atoms with Crippen molar-refractivity contribution in [1.29, 1.82) is 0 Å². The van der Waals surface area contributed by atoms with Gasteiger partial charge in [-0.3, -0.25) is 0 Å². The smallest absolute Gasteiger partial charge is 0.182 e. The summed E-state index contributed by atoms with van der Waals surface area (Å²) >= 11 is 0. The van der Waals surface area contributed by atoms with Gasteiger partial charge in [-0.05, 0) is 24.3 Å². The molecule has 0 aromatic heterocycles. The predicted octanol–water partition coefficient (Wildman–Crippen LogP) is 1.82. The Hall–Kier alpha value is -1.36. The van der Waals surface area contributed by atoms with Gasteiger partial charge in [-0.15, -0.1) is 0 Å². The molecule has 0 radical (unpaired) electrons. The van der Waals surface area contributed by atoms with E-state index < -0.39 is 15.4 Å². The molecule has 1 rings (SSSR count). The van der Waals surface area contributed by atoms with E-state index in [0.29, 0.717) is 5.56 Å². The van der Waals surface area contributed by atoms with Crippen molar-refractivity contribution in [2.75, 3.05) is 6.26 Å². The predicted molar refractivity (Wildman–Crippen MR) is 68.1 cm³/mol. The Morgan fingerprint density at radius 1 is 1.18 bits per heavy atom. The number of benzene rings is 1. The van der Waals surface area contributed by atoms with Gasteiger partial charge in [-0.25, -0.2) is 13.2 Å². The number of rotatable bonds is 2. The van der Waals surface area contributed by atoms with Gasteiger partial charge in [0.05, 0.1) is 4.90 Å². The van der Waals surface area contributed by atoms with E-state index >= 15 is 0 Å². The van der Waals surface area contributed by atoms with Crippen LogP contribution in [0.5, 0.6) is 0 Å². The third kappa shape index (κ3) is 3.85. The summed E-state index contributed by atoms with van der Waals surface area (Å²) in [5.41, 5.74) is 0.178. The third-order valence-electron chi connectivity index (χ3n) is 2.24. The summed E-state index contributed by atoms with van der Waals surface area (Å²) in [5, 5.41) is 11.7. The molecule has 0 aliphatic rings. The maximum Gasteiger partial charge on any atom is 0.182 e. The van der Waals surface area contributed by atoms with Gasteiger partial charge in [0.15, 0.2) is 21.6 Å². The lowest BCUT2D eigenvalue weighted by atomic mass is 10.1. The quantitative estimate of drug-likeness (QED) is 0.350. The van der Waals surface area contributed by atoms with Crippen molar-refractivity contribution >= 4 is 16.1 Å². The van der Waals surface area contributed by atoms with Crippen LogP contribution in [0, 0.1) is 5.21 Å². The highest BCUT2D eigenvalue weighted by Gasteiger charge is 2.18. The molecule has 0 N–H and O–H groups in total. The van der Waals surface area contributed by atoms with E-state index in [1.165, 1.54) is 18.3 Å². The lowest BCUT2D eigenvalue weighted by molar-refractivity contribution is -0.530. The van der Waals surface area contributed by atoms with E-state index in [-0.39, 0.29) is 4.90 Å². The molecule has 0 heterocycles. The number of sulfone groups is 1. The first-order chi connectivity index (χ1) is 7.60. The zero-order valence-corrected chi connectivity index (χ0v) is 11.3. The lowest BCUT2D eigenvalue weighted by Crippen LogP contribution is -2.29. The molecular formula is C12H17NO3S. The van der Waals surface area contributed by atoms with Crippen LogP contribution in [0.1, 0.15) is 26.3 Å². The van der Waals surface area contributed by atoms with Crippen molar-refractivity contribution in [2.45, 2.75) is 31.2 Å². The molecule has 1 aromatic rings. The van der Waals surface area contributed by atoms with Crippen LogP contribution in [0.3, 0.4) is 0 Å². The van der Waals surface area contributed by atoms with Gasteiger partial charge < -0.3 is 5.21 Å². The highest BCUT2D eigenvalue weighted by molar-refractivity contribution is 7.90. The molecule has 0 bridgehead atoms. The molecule has 0 saturated heterocycles. The van der Waals surface area contributed by atoms with E-state index in [4.69, 9.17) is 0 Å². The second-order valence-corrected chi connectivity index (χ2v) is 6.98. The van der Waals surface area contributed by atoms with Gasteiger partial charge in [0.2, 0.25) is 0 Å². The molecule has 0 amide bonds. The molecule has 4 nitrogen and oxygen atoms in total. The Balaban J connectivity index is 3.06. The maximum absolute atomic E-state index is 11.7. The molecule has 94 valence electrons. The highest BCUT2D eigenvalue weighted by atomic mass is 32.2. The average Bonchev–Trinajstić information content (AvgIpc) is 2.15. The normalized spacial score (nSPS) is 13.8. The van der Waals surface area contributed by atoms with Gasteiger partial charge >= 0.3 is 0 Å². The van der Waals surface area contributed by atoms with Crippen LogP contribution in [-0.2, 0) is 9.84 Å². The van der Waals surface area contributed by atoms with E-state index in [1.54, 1.807) is 32.9 Å². The summed E-state index contributed by atoms with van der Waals surface area (Å²) in [5.74, 6) is 0. The Labute approximate surface area is 102 Å². The molecule has 0 aliphatic heterocycles. The summed E-state index contributed by atoms with van der Waals surface area (Å²) < 4.78 is 23.3. The van der Waals surface area contributed by atoms with Gasteiger partial charge in [0, 0.05) is 32.6 Å². The number of hydrogen-bond acceptors (Lipinski definition) is 3. The van der Waals surface area contributed by atoms with Crippen molar-refractivity contribution in [2.24, 2.45) is 0 Å². The summed E-state index contributed by atoms with van der Waals surface area (Å²) in [6.07, 6.45) is 2.60. The molecule has 0 saturated carbocycles. The summed E-state index contributed by atoms with van der Waals surface area (Å²) in [7, 11) is -3.18. The molecule has 0 atom stereocenters. The van der Waals surface area contributed by atoms with E-state index in [0.717, 1.165) is 11.0 Å². The first kappa shape index (κ1) is 13.7. The van der Waals surface area contributed by atoms with Gasteiger partial charge in [0.25, 0.3) is 0 Å². The minimum atomic E-state index is -3.18. The van der Waals surface area contributed by atoms with E-state index in [2.05, 4.69) is 0 Å². The molecular weight excluding hydrogens is 238 g/mol. The number of hydroxylamine groups is 1. The fourth-order valence-corrected chi connectivity index (χ4v) is 1.76. The molecule has 0 spiro atoms. The standard InChI is InChI=1S/C12H17NO3S/c1-12(2,3)13(14)9-10-5-7-11(8-6-10)17(4,15)16/h5-9H,1-4H3. The topological polar surface area (TPSA) is 60.2 Å². The summed E-state index contributed by atoms with van der Waals surface area (Å²) in [6.45, 7) is 5.42. The molecule has 5 heteroatoms. The minimum Gasteiger partial charge on any atom is -0.623 e. The van der Waals surface area contributed by atoms with Crippen LogP contribution in [0.15, 0.2) is 29.2 Å². The van der Waals surface area contributed by atoms with Crippen LogP contribution < -0.4 is 0 Å². The maximum atomic E-state index is 11.7. The largest absolute Gasteiger partial charge is 0.623 e. The zero-order chi connectivity index (χ0) is 13.3. The number of nitrogens with zero attached hydrogens (tertiary/aromatic N) is 1. The Morgan fingerprint density at radius 3 is 2.00 bits per heavy atom. The van der Waals surface area contributed by atoms with E-state index in [1.807, 2.05) is 0 Å². The van der Waals surface area contributed by atoms with Gasteiger partial charge in [-0.2, -0.15) is 0 Å². The van der Waals surface area contributed by atoms with Crippen molar-refractivity contribution < 1.29 is 13.2 Å². The molecule has 17 heavy (non-hydrogen) atoms. The van der Waals surface area contributed by atoms with Crippen molar-refractivity contribution in [3.05, 3.63) is 35.0 Å². The minimum absolute atomic E-state index is 0.253. The van der Waals surface area contributed by atoms with E-state index in [9.17, 15) is 13.6 Å². The monoisotopic (exact) mass is 255 g/mol. The Morgan fingerprint density at radius 2 is 1.65 bits per heavy atom. The fraction of sp³-hybridized carbons (Fsp3) is 0.417. The lowest BCUT2D eigenvalue weighted by Gasteiger charge is -2.18. The molecule has 0 unspecified atom stereocenters. The van der Waals surface area contributed by atoms with Crippen LogP contribution in [0.2, 0.25) is 0 Å². The summed E-state index contributed by atoms with van der Waals surface area (Å²) in [6, 6.07) is 6.23. The SMILES string of the molecule is CC(C)(C)[N+]([O-])=Cc1ccc(S(C)(=O)=O)cc1. The molecule has 0 aliphatic carbocycles. The van der Waals surface area contributed by atoms with Crippen LogP contribution in [-0.4, -0.2) is 31.2 Å². The second kappa shape index (κ2) is 4.49. The second-order valence-electron chi connectivity index (χ2n) is 4.97. The Bertz CT molecular complexity index is 522. The van der Waals surface area contributed by atoms with Crippen molar-refractivity contribution in [3.63, 3.8) is 0 Å². The zero-order valence-electron chi connectivity index (χ0n) is 10.5. The molecule has 0 fully saturated rings. The number of hydrogen-bond donors (Lipinski definition) is 0. The van der Waals surface area contributed by atoms with Crippen LogP contribution in [0.4, 0.5) is 0 Å². The van der Waals surface area contributed by atoms with Crippen molar-refractivity contribution in [3.8, 4) is 0 Å². The van der Waals surface area contributed by atoms with Gasteiger partial charge in [0.1, 0.15) is 0 Å². The summed E-state index contributed by atoms with van der Waals surface area (Å²) in [4.78, 5) is 0.253.